The first kappa shape index (κ1) is 36.6. The number of carbonyl (C=O) groups is 2. The van der Waals surface area contributed by atoms with E-state index in [-0.39, 0.29) is 82.6 Å². The van der Waals surface area contributed by atoms with Crippen molar-refractivity contribution in [3.05, 3.63) is 71.8 Å². The predicted molar refractivity (Wildman–Crippen MR) is 167 cm³/mol. The number of anilines is 2. The molecule has 2 radical (unpaired) electrons. The van der Waals surface area contributed by atoms with E-state index in [0.29, 0.717) is 39.5 Å². The van der Waals surface area contributed by atoms with Gasteiger partial charge in [0, 0.05) is 87.9 Å². The van der Waals surface area contributed by atoms with Crippen molar-refractivity contribution in [3.8, 4) is 0 Å². The second-order valence-electron chi connectivity index (χ2n) is 13.8. The normalized spacial score (nSPS) is 21.0. The summed E-state index contributed by atoms with van der Waals surface area (Å²) in [5.74, 6) is 0.284. The van der Waals surface area contributed by atoms with Gasteiger partial charge in [0.05, 0.1) is 12.4 Å². The first-order valence-electron chi connectivity index (χ1n) is 15.3. The molecule has 2 amide bonds. The van der Waals surface area contributed by atoms with Gasteiger partial charge in [-0.15, -0.1) is 13.1 Å². The molecular weight excluding hydrogens is 734 g/mol. The van der Waals surface area contributed by atoms with E-state index >= 15 is 0 Å². The first-order valence-corrected chi connectivity index (χ1v) is 15.3. The van der Waals surface area contributed by atoms with Gasteiger partial charge in [0.25, 0.3) is 11.8 Å². The van der Waals surface area contributed by atoms with Crippen LogP contribution in [0.5, 0.6) is 0 Å². The molecule has 4 N–H and O–H groups in total. The standard InChI is InChI=1S/C17H22N5O.C15H20N5O.2Y/c1-5-22-9-10(8-18-22)19-15(23)14-11-6-13-16(2,3)17(13,4)7-12(11)20-21-14;1-4-20-9-10(8-16-20)17-14(21)13-11-5-6-15(2,3)7-12(11)18-19-13;;/h5,8-9,13H,6-7H2,1-4H3,(H,19,23)(H,20,21);4,8-9H,5-7H2,1-3H3,(H,17,21)(H,18,19);;/q2*-1;;. The van der Waals surface area contributed by atoms with Crippen molar-refractivity contribution in [2.45, 2.75) is 80.6 Å². The maximum atomic E-state index is 12.6. The van der Waals surface area contributed by atoms with E-state index in [4.69, 9.17) is 0 Å². The van der Waals surface area contributed by atoms with Crippen LogP contribution in [-0.4, -0.2) is 51.8 Å². The Morgan fingerprint density at radius 3 is 1.83 bits per heavy atom. The fraction of sp³-hybridized carbons (Fsp3) is 0.500. The maximum Gasteiger partial charge on any atom is 0.275 e. The molecule has 0 bridgehead atoms. The van der Waals surface area contributed by atoms with Crippen molar-refractivity contribution in [1.82, 2.24) is 40.0 Å². The number of rotatable bonds is 6. The van der Waals surface area contributed by atoms with Crippen LogP contribution in [0.4, 0.5) is 11.4 Å². The Morgan fingerprint density at radius 1 is 0.826 bits per heavy atom. The molecule has 7 rings (SSSR count). The molecule has 240 valence electrons. The summed E-state index contributed by atoms with van der Waals surface area (Å²) in [7, 11) is 0. The van der Waals surface area contributed by atoms with Crippen LogP contribution in [0, 0.1) is 35.3 Å². The third kappa shape index (κ3) is 6.82. The van der Waals surface area contributed by atoms with Crippen LogP contribution in [0.15, 0.2) is 24.8 Å². The second kappa shape index (κ2) is 13.7. The molecule has 4 aromatic heterocycles. The molecule has 1 fully saturated rings. The molecule has 12 nitrogen and oxygen atoms in total. The Hall–Kier alpha value is -2.27. The van der Waals surface area contributed by atoms with Crippen molar-refractivity contribution in [2.75, 3.05) is 10.6 Å². The van der Waals surface area contributed by atoms with Gasteiger partial charge in [-0.2, -0.15) is 10.2 Å². The molecule has 3 aliphatic rings. The van der Waals surface area contributed by atoms with Crippen LogP contribution < -0.4 is 10.6 Å². The minimum absolute atomic E-state index is 0. The van der Waals surface area contributed by atoms with E-state index in [1.165, 1.54) is 0 Å². The number of aromatic nitrogens is 8. The van der Waals surface area contributed by atoms with E-state index in [1.54, 1.807) is 34.2 Å². The molecule has 0 aliphatic heterocycles. The number of hydrogen-bond donors (Lipinski definition) is 4. The van der Waals surface area contributed by atoms with E-state index in [2.05, 4.69) is 75.8 Å². The molecule has 0 spiro atoms. The number of hydrogen-bond acceptors (Lipinski definition) is 6. The van der Waals surface area contributed by atoms with E-state index in [9.17, 15) is 9.59 Å². The van der Waals surface area contributed by atoms with Gasteiger partial charge in [-0.3, -0.25) is 19.8 Å². The molecule has 46 heavy (non-hydrogen) atoms. The molecule has 4 heterocycles. The van der Waals surface area contributed by atoms with Crippen LogP contribution >= 0.6 is 0 Å². The molecule has 4 aromatic rings. The largest absolute Gasteiger partial charge is 0.404 e. The number of nitrogens with one attached hydrogen (secondary N) is 4. The van der Waals surface area contributed by atoms with Gasteiger partial charge in [-0.05, 0) is 65.6 Å². The molecule has 1 saturated carbocycles. The van der Waals surface area contributed by atoms with Crippen LogP contribution in [0.1, 0.15) is 98.4 Å². The maximum absolute atomic E-state index is 12.6. The van der Waals surface area contributed by atoms with Gasteiger partial charge in [0.2, 0.25) is 0 Å². The number of fused-ring (bicyclic) bond motifs is 3. The molecule has 2 atom stereocenters. The topological polar surface area (TPSA) is 151 Å². The van der Waals surface area contributed by atoms with Crippen molar-refractivity contribution in [2.24, 2.45) is 22.2 Å². The smallest absolute Gasteiger partial charge is 0.275 e. The SMILES string of the molecule is C[CH-]n1cc(NC(=O)c2n[nH]c3c2CC2C(C)(C)C2(C)C3)cn1.C[CH-]n1cc(NC(=O)c2n[nH]c3c2CCC(C)(C)C3)cn1.[Y].[Y]. The van der Waals surface area contributed by atoms with Crippen LogP contribution in [-0.2, 0) is 91.1 Å². The van der Waals surface area contributed by atoms with Crippen molar-refractivity contribution in [1.29, 1.82) is 0 Å². The van der Waals surface area contributed by atoms with Crippen molar-refractivity contribution < 1.29 is 75.0 Å². The van der Waals surface area contributed by atoms with Gasteiger partial charge < -0.3 is 20.0 Å². The zero-order chi connectivity index (χ0) is 31.4. The molecule has 14 heteroatoms. The fourth-order valence-corrected chi connectivity index (χ4v) is 7.06. The van der Waals surface area contributed by atoms with Gasteiger partial charge in [-0.1, -0.05) is 60.9 Å². The Labute approximate surface area is 320 Å². The van der Waals surface area contributed by atoms with Gasteiger partial charge in [0.15, 0.2) is 11.4 Å². The molecule has 3 aliphatic carbocycles. The average Bonchev–Trinajstić information content (AvgIpc) is 3.67. The number of carbonyl (C=O) groups excluding carboxylic acids is 2. The molecular formula is C32H42N10O2Y2-2. The third-order valence-corrected chi connectivity index (χ3v) is 10.3. The Morgan fingerprint density at radius 2 is 1.33 bits per heavy atom. The molecule has 0 saturated heterocycles. The summed E-state index contributed by atoms with van der Waals surface area (Å²) in [4.78, 5) is 24.9. The summed E-state index contributed by atoms with van der Waals surface area (Å²) in [6.45, 7) is 18.9. The summed E-state index contributed by atoms with van der Waals surface area (Å²) in [6, 6.07) is 0. The first-order chi connectivity index (χ1) is 20.8. The summed E-state index contributed by atoms with van der Waals surface area (Å²) in [5, 5.41) is 28.6. The summed E-state index contributed by atoms with van der Waals surface area (Å²) >= 11 is 0. The molecule has 2 unspecified atom stereocenters. The summed E-state index contributed by atoms with van der Waals surface area (Å²) in [5.41, 5.74) is 7.68. The summed E-state index contributed by atoms with van der Waals surface area (Å²) < 4.78 is 3.31. The second-order valence-corrected chi connectivity index (χ2v) is 13.8. The van der Waals surface area contributed by atoms with Crippen LogP contribution in [0.25, 0.3) is 0 Å². The number of H-pyrrole nitrogens is 2. The van der Waals surface area contributed by atoms with Crippen molar-refractivity contribution >= 4 is 23.2 Å². The Kier molecular flexibility index (Phi) is 10.9. The zero-order valence-corrected chi connectivity index (χ0v) is 33.4. The average molecular weight is 777 g/mol. The van der Waals surface area contributed by atoms with E-state index in [0.717, 1.165) is 54.6 Å². The fourth-order valence-electron chi connectivity index (χ4n) is 7.06. The van der Waals surface area contributed by atoms with Gasteiger partial charge in [0.1, 0.15) is 0 Å². The number of aromatic amines is 2. The summed E-state index contributed by atoms with van der Waals surface area (Å²) in [6.07, 6.45) is 11.6. The van der Waals surface area contributed by atoms with Gasteiger partial charge in [-0.25, -0.2) is 10.2 Å². The number of amides is 2. The Balaban J connectivity index is 0.000000201. The van der Waals surface area contributed by atoms with Gasteiger partial charge >= 0.3 is 0 Å². The number of nitrogens with zero attached hydrogens (tertiary/aromatic N) is 6. The Bertz CT molecular complexity index is 1710. The molecule has 0 aromatic carbocycles. The quantitative estimate of drug-likeness (QED) is 0.202. The van der Waals surface area contributed by atoms with Crippen LogP contribution in [0.2, 0.25) is 0 Å². The minimum Gasteiger partial charge on any atom is -0.404 e. The van der Waals surface area contributed by atoms with Crippen molar-refractivity contribution in [3.63, 3.8) is 0 Å². The minimum atomic E-state index is -0.178. The zero-order valence-electron chi connectivity index (χ0n) is 27.7. The van der Waals surface area contributed by atoms with Crippen LogP contribution in [0.3, 0.4) is 0 Å². The van der Waals surface area contributed by atoms with E-state index < -0.39 is 0 Å². The van der Waals surface area contributed by atoms with E-state index in [1.807, 2.05) is 26.9 Å². The predicted octanol–water partition coefficient (Wildman–Crippen LogP) is 5.05. The third-order valence-electron chi connectivity index (χ3n) is 10.3. The monoisotopic (exact) mass is 776 g/mol.